The molecule has 0 saturated carbocycles. The highest BCUT2D eigenvalue weighted by Gasteiger charge is 2.29. The number of carboxylic acid groups (broad SMARTS) is 1. The van der Waals surface area contributed by atoms with Crippen molar-refractivity contribution in [3.8, 4) is 11.1 Å². The first-order valence-electron chi connectivity index (χ1n) is 12.5. The van der Waals surface area contributed by atoms with Gasteiger partial charge in [0, 0.05) is 38.6 Å². The summed E-state index contributed by atoms with van der Waals surface area (Å²) in [5.41, 5.74) is 4.45. The standard InChI is InChI=1S/C27H34N4O5.ClH/c1-30-14-16-31(17-15-30)26(34)28-13-7-6-12-24(25(32)33)29-27(35)36-18-23-21-10-4-2-8-19(21)20-9-3-5-11-22(20)23;/h2-5,8-11,23-24H,6-7,12-18H2,1H3,(H,28,34)(H,29,35)(H,32,33);1H/t24-;/m0./s1. The molecule has 37 heavy (non-hydrogen) atoms. The Balaban J connectivity index is 0.00000380. The Morgan fingerprint density at radius 2 is 1.57 bits per heavy atom. The summed E-state index contributed by atoms with van der Waals surface area (Å²) in [4.78, 5) is 40.3. The lowest BCUT2D eigenvalue weighted by atomic mass is 9.98. The summed E-state index contributed by atoms with van der Waals surface area (Å²) in [5, 5.41) is 14.9. The molecule has 4 rings (SSSR count). The maximum absolute atomic E-state index is 12.5. The van der Waals surface area contributed by atoms with Gasteiger partial charge in [-0.05, 0) is 48.6 Å². The summed E-state index contributed by atoms with van der Waals surface area (Å²) in [5.74, 6) is -1.19. The number of urea groups is 1. The van der Waals surface area contributed by atoms with Crippen LogP contribution in [0.15, 0.2) is 48.5 Å². The molecule has 1 heterocycles. The van der Waals surface area contributed by atoms with Gasteiger partial charge < -0.3 is 30.3 Å². The molecule has 0 spiro atoms. The first-order chi connectivity index (χ1) is 17.4. The smallest absolute Gasteiger partial charge is 0.407 e. The third-order valence-corrected chi connectivity index (χ3v) is 6.92. The van der Waals surface area contributed by atoms with E-state index in [2.05, 4.69) is 27.7 Å². The first-order valence-corrected chi connectivity index (χ1v) is 12.5. The van der Waals surface area contributed by atoms with Gasteiger partial charge in [0.1, 0.15) is 12.6 Å². The number of halogens is 1. The molecule has 10 heteroatoms. The van der Waals surface area contributed by atoms with Crippen LogP contribution in [0.5, 0.6) is 0 Å². The Labute approximate surface area is 223 Å². The molecular weight excluding hydrogens is 496 g/mol. The van der Waals surface area contributed by atoms with Crippen molar-refractivity contribution in [2.24, 2.45) is 0 Å². The number of unbranched alkanes of at least 4 members (excludes halogenated alkanes) is 1. The van der Waals surface area contributed by atoms with E-state index in [-0.39, 0.29) is 37.4 Å². The number of carbonyl (C=O) groups excluding carboxylic acids is 2. The number of piperazine rings is 1. The minimum Gasteiger partial charge on any atom is -0.480 e. The number of benzene rings is 2. The zero-order valence-electron chi connectivity index (χ0n) is 21.0. The van der Waals surface area contributed by atoms with Crippen LogP contribution < -0.4 is 10.6 Å². The van der Waals surface area contributed by atoms with Gasteiger partial charge in [-0.2, -0.15) is 0 Å². The number of nitrogens with one attached hydrogen (secondary N) is 2. The van der Waals surface area contributed by atoms with Crippen molar-refractivity contribution in [2.75, 3.05) is 46.4 Å². The third-order valence-electron chi connectivity index (χ3n) is 6.92. The van der Waals surface area contributed by atoms with Crippen molar-refractivity contribution in [3.05, 3.63) is 59.7 Å². The van der Waals surface area contributed by atoms with Crippen LogP contribution in [0.4, 0.5) is 9.59 Å². The van der Waals surface area contributed by atoms with Crippen molar-refractivity contribution in [1.82, 2.24) is 20.4 Å². The molecule has 1 atom stereocenters. The van der Waals surface area contributed by atoms with Gasteiger partial charge >= 0.3 is 18.1 Å². The maximum atomic E-state index is 12.5. The van der Waals surface area contributed by atoms with Gasteiger partial charge in [-0.1, -0.05) is 48.5 Å². The van der Waals surface area contributed by atoms with Gasteiger partial charge in [0.2, 0.25) is 0 Å². The molecule has 1 aliphatic heterocycles. The fourth-order valence-corrected chi connectivity index (χ4v) is 4.83. The number of alkyl carbamates (subject to hydrolysis) is 1. The molecule has 1 fully saturated rings. The van der Waals surface area contributed by atoms with E-state index in [1.807, 2.05) is 43.4 Å². The normalized spacial score (nSPS) is 15.6. The Bertz CT molecular complexity index is 1040. The Hall–Kier alpha value is -3.30. The number of nitrogens with zero attached hydrogens (tertiary/aromatic N) is 2. The lowest BCUT2D eigenvalue weighted by molar-refractivity contribution is -0.139. The van der Waals surface area contributed by atoms with Gasteiger partial charge in [-0.3, -0.25) is 0 Å². The van der Waals surface area contributed by atoms with Gasteiger partial charge in [-0.25, -0.2) is 14.4 Å². The van der Waals surface area contributed by atoms with Gasteiger partial charge in [0.25, 0.3) is 0 Å². The predicted octanol–water partition coefficient (Wildman–Crippen LogP) is 3.53. The monoisotopic (exact) mass is 530 g/mol. The number of hydrogen-bond donors (Lipinski definition) is 3. The molecule has 200 valence electrons. The van der Waals surface area contributed by atoms with Crippen molar-refractivity contribution in [2.45, 2.75) is 31.2 Å². The maximum Gasteiger partial charge on any atom is 0.407 e. The zero-order chi connectivity index (χ0) is 25.5. The highest BCUT2D eigenvalue weighted by atomic mass is 35.5. The number of aliphatic carboxylic acids is 1. The molecule has 3 N–H and O–H groups in total. The summed E-state index contributed by atoms with van der Waals surface area (Å²) >= 11 is 0. The quantitative estimate of drug-likeness (QED) is 0.428. The van der Waals surface area contributed by atoms with Crippen LogP contribution in [0, 0.1) is 0 Å². The topological polar surface area (TPSA) is 111 Å². The number of rotatable bonds is 9. The lowest BCUT2D eigenvalue weighted by Crippen LogP contribution is -2.50. The summed E-state index contributed by atoms with van der Waals surface area (Å²) in [6.45, 7) is 3.71. The van der Waals surface area contributed by atoms with Gasteiger partial charge in [0.15, 0.2) is 0 Å². The highest BCUT2D eigenvalue weighted by Crippen LogP contribution is 2.44. The van der Waals surface area contributed by atoms with E-state index in [1.54, 1.807) is 4.90 Å². The first kappa shape index (κ1) is 28.3. The number of amides is 3. The van der Waals surface area contributed by atoms with E-state index in [4.69, 9.17) is 4.74 Å². The molecule has 1 aliphatic carbocycles. The molecule has 0 radical (unpaired) electrons. The number of hydrogen-bond acceptors (Lipinski definition) is 5. The molecular formula is C27H35ClN4O5. The minimum absolute atomic E-state index is 0. The van der Waals surface area contributed by atoms with E-state index in [1.165, 1.54) is 0 Å². The second-order valence-corrected chi connectivity index (χ2v) is 9.38. The summed E-state index contributed by atoms with van der Waals surface area (Å²) in [7, 11) is 2.03. The Kier molecular flexibility index (Phi) is 10.2. The van der Waals surface area contributed by atoms with Crippen LogP contribution in [-0.2, 0) is 9.53 Å². The molecule has 9 nitrogen and oxygen atoms in total. The van der Waals surface area contributed by atoms with Crippen LogP contribution in [0.25, 0.3) is 11.1 Å². The Morgan fingerprint density at radius 1 is 0.973 bits per heavy atom. The van der Waals surface area contributed by atoms with E-state index >= 15 is 0 Å². The van der Waals surface area contributed by atoms with Crippen LogP contribution in [0.1, 0.15) is 36.3 Å². The van der Waals surface area contributed by atoms with E-state index in [0.717, 1.165) is 35.3 Å². The zero-order valence-corrected chi connectivity index (χ0v) is 21.8. The van der Waals surface area contributed by atoms with Crippen LogP contribution in [-0.4, -0.2) is 85.4 Å². The SMILES string of the molecule is CN1CCN(C(=O)NCCCC[C@H](NC(=O)OCC2c3ccccc3-c3ccccc32)C(=O)O)CC1.Cl. The fourth-order valence-electron chi connectivity index (χ4n) is 4.83. The molecule has 0 unspecified atom stereocenters. The Morgan fingerprint density at radius 3 is 2.16 bits per heavy atom. The van der Waals surface area contributed by atoms with Crippen molar-refractivity contribution < 1.29 is 24.2 Å². The van der Waals surface area contributed by atoms with Crippen LogP contribution in [0.3, 0.4) is 0 Å². The van der Waals surface area contributed by atoms with E-state index in [9.17, 15) is 19.5 Å². The number of fused-ring (bicyclic) bond motifs is 3. The van der Waals surface area contributed by atoms with Gasteiger partial charge in [-0.15, -0.1) is 12.4 Å². The largest absolute Gasteiger partial charge is 0.480 e. The summed E-state index contributed by atoms with van der Waals surface area (Å²) in [6, 6.07) is 14.9. The number of ether oxygens (including phenoxy) is 1. The minimum atomic E-state index is -1.11. The average molecular weight is 531 g/mol. The molecule has 3 amide bonds. The highest BCUT2D eigenvalue weighted by molar-refractivity contribution is 5.85. The van der Waals surface area contributed by atoms with Gasteiger partial charge in [0.05, 0.1) is 0 Å². The molecule has 1 saturated heterocycles. The van der Waals surface area contributed by atoms with E-state index < -0.39 is 18.1 Å². The third kappa shape index (κ3) is 7.14. The van der Waals surface area contributed by atoms with Crippen molar-refractivity contribution in [1.29, 1.82) is 0 Å². The second-order valence-electron chi connectivity index (χ2n) is 9.38. The van der Waals surface area contributed by atoms with Crippen molar-refractivity contribution >= 4 is 30.5 Å². The lowest BCUT2D eigenvalue weighted by Gasteiger charge is -2.32. The summed E-state index contributed by atoms with van der Waals surface area (Å²) in [6.07, 6.45) is 0.677. The van der Waals surface area contributed by atoms with Crippen LogP contribution in [0.2, 0.25) is 0 Å². The van der Waals surface area contributed by atoms with E-state index in [0.29, 0.717) is 32.5 Å². The number of carboxylic acids is 1. The predicted molar refractivity (Wildman–Crippen MR) is 143 cm³/mol. The van der Waals surface area contributed by atoms with Crippen LogP contribution >= 0.6 is 12.4 Å². The molecule has 2 aromatic carbocycles. The summed E-state index contributed by atoms with van der Waals surface area (Å²) < 4.78 is 5.47. The fraction of sp³-hybridized carbons (Fsp3) is 0.444. The average Bonchev–Trinajstić information content (AvgIpc) is 3.20. The van der Waals surface area contributed by atoms with Crippen molar-refractivity contribution in [3.63, 3.8) is 0 Å². The second kappa shape index (κ2) is 13.3. The molecule has 2 aliphatic rings. The molecule has 0 bridgehead atoms. The number of carbonyl (C=O) groups is 3. The molecule has 2 aromatic rings. The number of likely N-dealkylation sites (N-methyl/N-ethyl adjacent to an activating group) is 1. The molecule has 0 aromatic heterocycles.